The number of ether oxygens (including phenoxy) is 1. The minimum Gasteiger partial charge on any atom is -0.481 e. The molecule has 0 aromatic carbocycles. The molecule has 0 saturated heterocycles. The first-order chi connectivity index (χ1) is 7.33. The van der Waals surface area contributed by atoms with Gasteiger partial charge in [-0.15, -0.1) is 0 Å². The lowest BCUT2D eigenvalue weighted by molar-refractivity contribution is 0.398. The second-order valence-corrected chi connectivity index (χ2v) is 3.00. The molecule has 0 saturated carbocycles. The van der Waals surface area contributed by atoms with Gasteiger partial charge in [0.05, 0.1) is 7.11 Å². The second-order valence-electron chi connectivity index (χ2n) is 3.00. The smallest absolute Gasteiger partial charge is 0.213 e. The molecule has 0 bridgehead atoms. The Balaban J connectivity index is 2.41. The van der Waals surface area contributed by atoms with E-state index in [9.17, 15) is 0 Å². The molecule has 2 aromatic heterocycles. The molecule has 74 valence electrons. The van der Waals surface area contributed by atoms with Crippen LogP contribution in [0.25, 0.3) is 11.1 Å². The zero-order chi connectivity index (χ0) is 10.7. The molecule has 0 spiro atoms. The van der Waals surface area contributed by atoms with Gasteiger partial charge in [-0.2, -0.15) is 5.26 Å². The molecule has 0 aliphatic rings. The highest BCUT2D eigenvalue weighted by atomic mass is 16.5. The normalized spacial score (nSPS) is 9.60. The number of nitrogens with zero attached hydrogens (tertiary/aromatic N) is 2. The molecule has 2 aromatic rings. The standard InChI is InChI=1S/C11H9N3O/c1-15-11-5-8(2-3-13-11)9-4-10(6-12)14-7-9/h2-5,7,14H,1H3. The summed E-state index contributed by atoms with van der Waals surface area (Å²) >= 11 is 0. The maximum Gasteiger partial charge on any atom is 0.213 e. The molecule has 0 aliphatic heterocycles. The van der Waals surface area contributed by atoms with E-state index in [4.69, 9.17) is 10.00 Å². The monoisotopic (exact) mass is 199 g/mol. The molecule has 0 unspecified atom stereocenters. The number of methoxy groups -OCH3 is 1. The molecule has 4 heteroatoms. The van der Waals surface area contributed by atoms with Gasteiger partial charge in [-0.3, -0.25) is 0 Å². The van der Waals surface area contributed by atoms with Gasteiger partial charge in [0.25, 0.3) is 0 Å². The third-order valence-electron chi connectivity index (χ3n) is 2.08. The summed E-state index contributed by atoms with van der Waals surface area (Å²) in [7, 11) is 1.57. The Kier molecular flexibility index (Phi) is 2.38. The number of hydrogen-bond donors (Lipinski definition) is 1. The summed E-state index contributed by atoms with van der Waals surface area (Å²) in [6.07, 6.45) is 3.46. The summed E-state index contributed by atoms with van der Waals surface area (Å²) in [6.45, 7) is 0. The maximum atomic E-state index is 8.68. The van der Waals surface area contributed by atoms with Crippen LogP contribution in [-0.2, 0) is 0 Å². The van der Waals surface area contributed by atoms with Crippen molar-refractivity contribution in [3.8, 4) is 23.1 Å². The van der Waals surface area contributed by atoms with Crippen LogP contribution in [0, 0.1) is 11.3 Å². The summed E-state index contributed by atoms with van der Waals surface area (Å²) < 4.78 is 5.02. The lowest BCUT2D eigenvalue weighted by Gasteiger charge is -2.00. The zero-order valence-corrected chi connectivity index (χ0v) is 8.19. The number of aromatic amines is 1. The number of rotatable bonds is 2. The van der Waals surface area contributed by atoms with Crippen LogP contribution in [0.3, 0.4) is 0 Å². The minimum atomic E-state index is 0.542. The number of pyridine rings is 1. The van der Waals surface area contributed by atoms with Crippen LogP contribution in [0.5, 0.6) is 5.88 Å². The fourth-order valence-electron chi connectivity index (χ4n) is 1.33. The van der Waals surface area contributed by atoms with Crippen molar-refractivity contribution in [1.29, 1.82) is 5.26 Å². The molecule has 0 aliphatic carbocycles. The van der Waals surface area contributed by atoms with Gasteiger partial charge in [-0.1, -0.05) is 0 Å². The van der Waals surface area contributed by atoms with Gasteiger partial charge >= 0.3 is 0 Å². The zero-order valence-electron chi connectivity index (χ0n) is 8.19. The molecular formula is C11H9N3O. The molecule has 0 radical (unpaired) electrons. The fourth-order valence-corrected chi connectivity index (χ4v) is 1.33. The number of H-pyrrole nitrogens is 1. The Morgan fingerprint density at radius 2 is 2.27 bits per heavy atom. The Morgan fingerprint density at radius 1 is 1.40 bits per heavy atom. The van der Waals surface area contributed by atoms with E-state index in [0.717, 1.165) is 11.1 Å². The van der Waals surface area contributed by atoms with Crippen LogP contribution < -0.4 is 4.74 Å². The van der Waals surface area contributed by atoms with E-state index < -0.39 is 0 Å². The van der Waals surface area contributed by atoms with Crippen molar-refractivity contribution in [2.45, 2.75) is 0 Å². The van der Waals surface area contributed by atoms with Crippen LogP contribution in [0.2, 0.25) is 0 Å². The third-order valence-corrected chi connectivity index (χ3v) is 2.08. The first-order valence-electron chi connectivity index (χ1n) is 4.42. The largest absolute Gasteiger partial charge is 0.481 e. The summed E-state index contributed by atoms with van der Waals surface area (Å²) in [5, 5.41) is 8.68. The number of hydrogen-bond acceptors (Lipinski definition) is 3. The van der Waals surface area contributed by atoms with E-state index in [1.54, 1.807) is 25.6 Å². The van der Waals surface area contributed by atoms with Gasteiger partial charge < -0.3 is 9.72 Å². The van der Waals surface area contributed by atoms with Gasteiger partial charge in [0.1, 0.15) is 11.8 Å². The highest BCUT2D eigenvalue weighted by Gasteiger charge is 2.02. The first-order valence-corrected chi connectivity index (χ1v) is 4.42. The van der Waals surface area contributed by atoms with Crippen molar-refractivity contribution < 1.29 is 4.74 Å². The third kappa shape index (κ3) is 1.81. The maximum absolute atomic E-state index is 8.68. The predicted octanol–water partition coefficient (Wildman–Crippen LogP) is 1.96. The molecule has 2 heterocycles. The summed E-state index contributed by atoms with van der Waals surface area (Å²) in [4.78, 5) is 6.88. The predicted molar refractivity (Wildman–Crippen MR) is 55.3 cm³/mol. The molecular weight excluding hydrogens is 190 g/mol. The van der Waals surface area contributed by atoms with Gasteiger partial charge in [0.2, 0.25) is 5.88 Å². The van der Waals surface area contributed by atoms with Crippen molar-refractivity contribution in [1.82, 2.24) is 9.97 Å². The summed E-state index contributed by atoms with van der Waals surface area (Å²) in [5.74, 6) is 0.562. The lowest BCUT2D eigenvalue weighted by Crippen LogP contribution is -1.86. The SMILES string of the molecule is COc1cc(-c2c[nH]c(C#N)c2)ccn1. The van der Waals surface area contributed by atoms with Crippen LogP contribution >= 0.6 is 0 Å². The van der Waals surface area contributed by atoms with E-state index in [1.807, 2.05) is 18.2 Å². The average Bonchev–Trinajstić information content (AvgIpc) is 2.78. The summed E-state index contributed by atoms with van der Waals surface area (Å²) in [5.41, 5.74) is 2.47. The summed E-state index contributed by atoms with van der Waals surface area (Å²) in [6, 6.07) is 7.52. The number of nitriles is 1. The van der Waals surface area contributed by atoms with E-state index >= 15 is 0 Å². The Labute approximate surface area is 87.2 Å². The Bertz CT molecular complexity index is 511. The molecule has 4 nitrogen and oxygen atoms in total. The van der Waals surface area contributed by atoms with E-state index in [-0.39, 0.29) is 0 Å². The van der Waals surface area contributed by atoms with Crippen LogP contribution in [0.4, 0.5) is 0 Å². The fraction of sp³-hybridized carbons (Fsp3) is 0.0909. The van der Waals surface area contributed by atoms with Crippen molar-refractivity contribution in [3.05, 3.63) is 36.3 Å². The highest BCUT2D eigenvalue weighted by Crippen LogP contribution is 2.22. The van der Waals surface area contributed by atoms with Crippen molar-refractivity contribution >= 4 is 0 Å². The average molecular weight is 199 g/mol. The van der Waals surface area contributed by atoms with Crippen molar-refractivity contribution in [2.24, 2.45) is 0 Å². The van der Waals surface area contributed by atoms with E-state index in [1.165, 1.54) is 0 Å². The quantitative estimate of drug-likeness (QED) is 0.804. The van der Waals surface area contributed by atoms with Gasteiger partial charge in [0.15, 0.2) is 0 Å². The molecule has 0 atom stereocenters. The van der Waals surface area contributed by atoms with Crippen molar-refractivity contribution in [2.75, 3.05) is 7.11 Å². The minimum absolute atomic E-state index is 0.542. The van der Waals surface area contributed by atoms with E-state index in [0.29, 0.717) is 11.6 Å². The van der Waals surface area contributed by atoms with E-state index in [2.05, 4.69) is 9.97 Å². The highest BCUT2D eigenvalue weighted by molar-refractivity contribution is 5.64. The second kappa shape index (κ2) is 3.84. The number of aromatic nitrogens is 2. The number of nitrogens with one attached hydrogen (secondary N) is 1. The molecule has 1 N–H and O–H groups in total. The molecule has 2 rings (SSSR count). The Morgan fingerprint density at radius 3 is 2.93 bits per heavy atom. The topological polar surface area (TPSA) is 61.7 Å². The van der Waals surface area contributed by atoms with Gasteiger partial charge in [-0.25, -0.2) is 4.98 Å². The van der Waals surface area contributed by atoms with Crippen molar-refractivity contribution in [3.63, 3.8) is 0 Å². The molecule has 0 amide bonds. The Hall–Kier alpha value is -2.28. The van der Waals surface area contributed by atoms with Gasteiger partial charge in [-0.05, 0) is 17.7 Å². The molecule has 0 fully saturated rings. The van der Waals surface area contributed by atoms with Crippen LogP contribution in [0.1, 0.15) is 5.69 Å². The molecule has 15 heavy (non-hydrogen) atoms. The van der Waals surface area contributed by atoms with Crippen LogP contribution in [-0.4, -0.2) is 17.1 Å². The lowest BCUT2D eigenvalue weighted by atomic mass is 10.1. The first kappa shape index (κ1) is 9.28. The van der Waals surface area contributed by atoms with Crippen LogP contribution in [0.15, 0.2) is 30.6 Å². The van der Waals surface area contributed by atoms with Gasteiger partial charge in [0, 0.05) is 24.0 Å².